The number of aromatic nitrogens is 1. The molecule has 1 amide bonds. The van der Waals surface area contributed by atoms with Crippen molar-refractivity contribution in [3.63, 3.8) is 0 Å². The summed E-state index contributed by atoms with van der Waals surface area (Å²) in [6.07, 6.45) is 5.52. The Kier molecular flexibility index (Phi) is 4.95. The minimum absolute atomic E-state index is 0.0595. The number of esters is 1. The maximum atomic E-state index is 12.2. The third-order valence-corrected chi connectivity index (χ3v) is 4.40. The highest BCUT2D eigenvalue weighted by atomic mass is 16.5. The molecule has 1 aromatic heterocycles. The van der Waals surface area contributed by atoms with Gasteiger partial charge in [0.05, 0.1) is 6.42 Å². The van der Waals surface area contributed by atoms with Crippen molar-refractivity contribution in [2.75, 3.05) is 6.54 Å². The number of ether oxygens (including phenoxy) is 1. The van der Waals surface area contributed by atoms with Gasteiger partial charge >= 0.3 is 5.97 Å². The molecule has 0 atom stereocenters. The van der Waals surface area contributed by atoms with Gasteiger partial charge in [0.25, 0.3) is 5.91 Å². The molecule has 0 radical (unpaired) electrons. The first-order valence-electron chi connectivity index (χ1n) is 8.32. The topological polar surface area (TPSA) is 107 Å². The van der Waals surface area contributed by atoms with Crippen molar-refractivity contribution in [3.05, 3.63) is 17.5 Å². The van der Waals surface area contributed by atoms with Crippen molar-refractivity contribution in [3.8, 4) is 0 Å². The lowest BCUT2D eigenvalue weighted by atomic mass is 9.93. The zero-order chi connectivity index (χ0) is 16.2. The molecule has 3 rings (SSSR count). The van der Waals surface area contributed by atoms with Gasteiger partial charge in [0.15, 0.2) is 5.69 Å². The molecule has 0 saturated heterocycles. The Morgan fingerprint density at radius 1 is 1.26 bits per heavy atom. The average Bonchev–Trinajstić information content (AvgIpc) is 3.26. The second-order valence-corrected chi connectivity index (χ2v) is 6.36. The number of hydrogen-bond donors (Lipinski definition) is 2. The molecule has 2 saturated carbocycles. The molecule has 2 aliphatic carbocycles. The van der Waals surface area contributed by atoms with Crippen LogP contribution in [0.3, 0.4) is 0 Å². The van der Waals surface area contributed by atoms with Crippen LogP contribution >= 0.6 is 0 Å². The van der Waals surface area contributed by atoms with E-state index >= 15 is 0 Å². The van der Waals surface area contributed by atoms with Gasteiger partial charge in [0, 0.05) is 24.6 Å². The molecule has 1 aromatic rings. The van der Waals surface area contributed by atoms with E-state index < -0.39 is 0 Å². The van der Waals surface area contributed by atoms with Crippen LogP contribution in [0.1, 0.15) is 67.1 Å². The van der Waals surface area contributed by atoms with Gasteiger partial charge < -0.3 is 20.3 Å². The number of carbonyl (C=O) groups excluding carboxylic acids is 2. The van der Waals surface area contributed by atoms with Crippen LogP contribution in [0.25, 0.3) is 0 Å². The zero-order valence-electron chi connectivity index (χ0n) is 13.1. The number of nitrogens with two attached hydrogens (primary N) is 1. The first-order valence-corrected chi connectivity index (χ1v) is 8.32. The maximum Gasteiger partial charge on any atom is 0.307 e. The van der Waals surface area contributed by atoms with E-state index in [1.54, 1.807) is 6.07 Å². The maximum absolute atomic E-state index is 12.2. The smallest absolute Gasteiger partial charge is 0.307 e. The van der Waals surface area contributed by atoms with Crippen molar-refractivity contribution in [1.82, 2.24) is 10.5 Å². The quantitative estimate of drug-likeness (QED) is 0.769. The van der Waals surface area contributed by atoms with Crippen LogP contribution in [-0.4, -0.2) is 35.7 Å². The monoisotopic (exact) mass is 321 g/mol. The second-order valence-electron chi connectivity index (χ2n) is 6.36. The number of hydrogen-bond acceptors (Lipinski definition) is 6. The number of rotatable bonds is 6. The van der Waals surface area contributed by atoms with Crippen LogP contribution in [0.4, 0.5) is 0 Å². The van der Waals surface area contributed by atoms with Crippen molar-refractivity contribution < 1.29 is 18.8 Å². The van der Waals surface area contributed by atoms with Crippen LogP contribution in [0.2, 0.25) is 0 Å². The van der Waals surface area contributed by atoms with Gasteiger partial charge in [-0.05, 0) is 38.5 Å². The number of nitrogens with zero attached hydrogens (tertiary/aromatic N) is 1. The fourth-order valence-corrected chi connectivity index (χ4v) is 2.90. The van der Waals surface area contributed by atoms with E-state index in [1.165, 1.54) is 0 Å². The zero-order valence-corrected chi connectivity index (χ0v) is 13.1. The normalized spacial score (nSPS) is 24.2. The molecule has 7 nitrogen and oxygen atoms in total. The minimum Gasteiger partial charge on any atom is -0.462 e. The van der Waals surface area contributed by atoms with Gasteiger partial charge in [-0.15, -0.1) is 0 Å². The summed E-state index contributed by atoms with van der Waals surface area (Å²) < 4.78 is 10.6. The molecule has 2 aliphatic rings. The summed E-state index contributed by atoms with van der Waals surface area (Å²) in [6.45, 7) is 0.310. The van der Waals surface area contributed by atoms with Gasteiger partial charge in [0.1, 0.15) is 11.9 Å². The molecule has 2 fully saturated rings. The minimum atomic E-state index is -0.241. The van der Waals surface area contributed by atoms with E-state index in [1.807, 2.05) is 0 Å². The first kappa shape index (κ1) is 16.0. The molecule has 7 heteroatoms. The van der Waals surface area contributed by atoms with Crippen LogP contribution in [0.5, 0.6) is 0 Å². The molecule has 3 N–H and O–H groups in total. The molecule has 0 spiro atoms. The largest absolute Gasteiger partial charge is 0.462 e. The lowest BCUT2D eigenvalue weighted by Gasteiger charge is -2.28. The molecule has 0 bridgehead atoms. The molecule has 23 heavy (non-hydrogen) atoms. The summed E-state index contributed by atoms with van der Waals surface area (Å²) >= 11 is 0. The summed E-state index contributed by atoms with van der Waals surface area (Å²) in [4.78, 5) is 23.6. The third kappa shape index (κ3) is 4.31. The Balaban J connectivity index is 1.42. The lowest BCUT2D eigenvalue weighted by molar-refractivity contribution is -0.150. The number of carbonyl (C=O) groups is 2. The highest BCUT2D eigenvalue weighted by molar-refractivity contribution is 5.92. The fraction of sp³-hybridized carbons (Fsp3) is 0.688. The lowest BCUT2D eigenvalue weighted by Crippen LogP contribution is -2.39. The highest BCUT2D eigenvalue weighted by Crippen LogP contribution is 2.40. The summed E-state index contributed by atoms with van der Waals surface area (Å²) in [6, 6.07) is 1.83. The van der Waals surface area contributed by atoms with Gasteiger partial charge in [-0.2, -0.15) is 0 Å². The van der Waals surface area contributed by atoms with Crippen LogP contribution in [0.15, 0.2) is 10.6 Å². The fourth-order valence-electron chi connectivity index (χ4n) is 2.90. The Morgan fingerprint density at radius 2 is 2.00 bits per heavy atom. The summed E-state index contributed by atoms with van der Waals surface area (Å²) in [5, 5.41) is 6.83. The van der Waals surface area contributed by atoms with Crippen molar-refractivity contribution >= 4 is 11.9 Å². The molecule has 126 valence electrons. The second kappa shape index (κ2) is 7.12. The van der Waals surface area contributed by atoms with E-state index in [2.05, 4.69) is 10.5 Å². The van der Waals surface area contributed by atoms with Gasteiger partial charge in [0.2, 0.25) is 0 Å². The highest BCUT2D eigenvalue weighted by Gasteiger charge is 2.30. The van der Waals surface area contributed by atoms with Gasteiger partial charge in [-0.3, -0.25) is 9.59 Å². The van der Waals surface area contributed by atoms with Crippen molar-refractivity contribution in [1.29, 1.82) is 0 Å². The molecule has 0 aromatic carbocycles. The van der Waals surface area contributed by atoms with E-state index in [0.717, 1.165) is 44.3 Å². The SMILES string of the molecule is NCCC(=O)OC1CCC(NC(=O)c2cc(C3CC3)on2)CC1. The third-order valence-electron chi connectivity index (χ3n) is 4.40. The molecule has 1 heterocycles. The van der Waals surface area contributed by atoms with Crippen LogP contribution < -0.4 is 11.1 Å². The number of nitrogens with one attached hydrogen (secondary N) is 1. The van der Waals surface area contributed by atoms with Crippen molar-refractivity contribution in [2.45, 2.75) is 63.0 Å². The Bertz CT molecular complexity index is 559. The standard InChI is InChI=1S/C16H23N3O4/c17-8-7-15(20)22-12-5-3-11(4-6-12)18-16(21)13-9-14(23-19-13)10-1-2-10/h9-12H,1-8,17H2,(H,18,21). The van der Waals surface area contributed by atoms with Crippen molar-refractivity contribution in [2.24, 2.45) is 5.73 Å². The molecule has 0 aliphatic heterocycles. The molecular formula is C16H23N3O4. The predicted molar refractivity (Wildman–Crippen MR) is 81.8 cm³/mol. The van der Waals surface area contributed by atoms with Gasteiger partial charge in [-0.25, -0.2) is 0 Å². The van der Waals surface area contributed by atoms with Crippen LogP contribution in [0, 0.1) is 0 Å². The summed E-state index contributed by atoms with van der Waals surface area (Å²) in [5.74, 6) is 0.827. The Morgan fingerprint density at radius 3 is 2.65 bits per heavy atom. The Labute approximate surface area is 134 Å². The van der Waals surface area contributed by atoms with Gasteiger partial charge in [-0.1, -0.05) is 5.16 Å². The van der Waals surface area contributed by atoms with E-state index in [0.29, 0.717) is 18.2 Å². The van der Waals surface area contributed by atoms with E-state index in [-0.39, 0.29) is 30.4 Å². The molecular weight excluding hydrogens is 298 g/mol. The first-order chi connectivity index (χ1) is 11.2. The summed E-state index contributed by atoms with van der Waals surface area (Å²) in [5.41, 5.74) is 5.68. The summed E-state index contributed by atoms with van der Waals surface area (Å²) in [7, 11) is 0. The average molecular weight is 321 g/mol. The van der Waals surface area contributed by atoms with E-state index in [9.17, 15) is 9.59 Å². The molecule has 0 unspecified atom stereocenters. The predicted octanol–water partition coefficient (Wildman–Crippen LogP) is 1.48. The van der Waals surface area contributed by atoms with E-state index in [4.69, 9.17) is 15.0 Å². The Hall–Kier alpha value is -1.89. The van der Waals surface area contributed by atoms with Crippen LogP contribution in [-0.2, 0) is 9.53 Å². The number of amides is 1.